The Labute approximate surface area is 356 Å². The van der Waals surface area contributed by atoms with Crippen LogP contribution in [0.5, 0.6) is 0 Å². The zero-order valence-corrected chi connectivity index (χ0v) is 33.0. The molecule has 0 aliphatic carbocycles. The summed E-state index contributed by atoms with van der Waals surface area (Å²) in [5.41, 5.74) is 13.8. The van der Waals surface area contributed by atoms with Gasteiger partial charge in [-0.05, 0) is 90.0 Å². The van der Waals surface area contributed by atoms with Gasteiger partial charge in [-0.15, -0.1) is 0 Å². The van der Waals surface area contributed by atoms with E-state index >= 15 is 0 Å². The summed E-state index contributed by atoms with van der Waals surface area (Å²) in [7, 11) is 0. The van der Waals surface area contributed by atoms with Crippen LogP contribution in [0.2, 0.25) is 0 Å². The number of nitriles is 3. The lowest BCUT2D eigenvalue weighted by Gasteiger charge is -2.13. The molecule has 0 spiro atoms. The van der Waals surface area contributed by atoms with Gasteiger partial charge in [-0.25, -0.2) is 9.97 Å². The van der Waals surface area contributed by atoms with Crippen molar-refractivity contribution in [2.45, 2.75) is 0 Å². The third kappa shape index (κ3) is 5.96. The molecular weight excluding hydrogens is 759 g/mol. The van der Waals surface area contributed by atoms with E-state index in [9.17, 15) is 15.8 Å². The second kappa shape index (κ2) is 14.6. The predicted molar refractivity (Wildman–Crippen MR) is 247 cm³/mol. The van der Waals surface area contributed by atoms with E-state index in [1.807, 2.05) is 115 Å². The number of rotatable bonds is 6. The molecule has 0 atom stereocenters. The van der Waals surface area contributed by atoms with Gasteiger partial charge in [0, 0.05) is 43.9 Å². The van der Waals surface area contributed by atoms with Gasteiger partial charge in [-0.3, -0.25) is 0 Å². The second-order valence-corrected chi connectivity index (χ2v) is 15.2. The summed E-state index contributed by atoms with van der Waals surface area (Å²) in [6, 6.07) is 69.7. The summed E-state index contributed by atoms with van der Waals surface area (Å²) >= 11 is 0. The fourth-order valence-corrected chi connectivity index (χ4v) is 8.70. The highest BCUT2D eigenvalue weighted by molar-refractivity contribution is 6.12. The van der Waals surface area contributed by atoms with Crippen LogP contribution in [0.3, 0.4) is 0 Å². The summed E-state index contributed by atoms with van der Waals surface area (Å²) in [6.07, 6.45) is 0. The lowest BCUT2D eigenvalue weighted by Crippen LogP contribution is -1.99. The van der Waals surface area contributed by atoms with Crippen LogP contribution in [0.1, 0.15) is 16.7 Å². The molecule has 8 aromatic carbocycles. The highest BCUT2D eigenvalue weighted by Gasteiger charge is 2.19. The van der Waals surface area contributed by atoms with Gasteiger partial charge in [0.2, 0.25) is 0 Å². The molecule has 7 heteroatoms. The summed E-state index contributed by atoms with van der Waals surface area (Å²) < 4.78 is 4.36. The first kappa shape index (κ1) is 36.0. The van der Waals surface area contributed by atoms with Gasteiger partial charge in [0.25, 0.3) is 0 Å². The molecule has 11 aromatic rings. The largest absolute Gasteiger partial charge is 0.309 e. The standard InChI is InChI=1S/C55H31N7/c56-32-35-15-23-52-45(27-35)46-28-36(33-57)16-24-53(46)61(52)43-22-26-54-47(30-43)44-13-7-8-14-51(44)62(54)50-25-21-41(29-42(50)34-58)37-17-19-39(20-18-37)49-31-48(38-9-3-1-4-10-38)59-55(60-49)40-11-5-2-6-12-40/h1-31H. The maximum atomic E-state index is 10.7. The number of benzene rings is 8. The van der Waals surface area contributed by atoms with Gasteiger partial charge >= 0.3 is 0 Å². The van der Waals surface area contributed by atoms with Crippen LogP contribution >= 0.6 is 0 Å². The lowest BCUT2D eigenvalue weighted by atomic mass is 9.99. The Hall–Kier alpha value is -9.09. The molecule has 62 heavy (non-hydrogen) atoms. The number of hydrogen-bond donors (Lipinski definition) is 0. The molecule has 0 aliphatic heterocycles. The molecule has 0 saturated heterocycles. The topological polar surface area (TPSA) is 107 Å². The van der Waals surface area contributed by atoms with Gasteiger partial charge in [-0.1, -0.05) is 109 Å². The van der Waals surface area contributed by atoms with Crippen molar-refractivity contribution in [3.05, 3.63) is 205 Å². The molecule has 0 amide bonds. The Kier molecular flexibility index (Phi) is 8.50. The average Bonchev–Trinajstić information content (AvgIpc) is 3.85. The van der Waals surface area contributed by atoms with Gasteiger partial charge < -0.3 is 9.13 Å². The fourth-order valence-electron chi connectivity index (χ4n) is 8.70. The van der Waals surface area contributed by atoms with Crippen molar-refractivity contribution >= 4 is 43.6 Å². The molecule has 0 saturated carbocycles. The molecule has 3 aromatic heterocycles. The molecule has 0 unspecified atom stereocenters. The summed E-state index contributed by atoms with van der Waals surface area (Å²) in [5.74, 6) is 0.665. The molecule has 0 fully saturated rings. The Morgan fingerprint density at radius 2 is 0.871 bits per heavy atom. The van der Waals surface area contributed by atoms with Crippen LogP contribution in [0, 0.1) is 34.0 Å². The van der Waals surface area contributed by atoms with E-state index in [1.165, 1.54) is 0 Å². The quantitative estimate of drug-likeness (QED) is 0.167. The molecule has 11 rings (SSSR count). The lowest BCUT2D eigenvalue weighted by molar-refractivity contribution is 1.16. The van der Waals surface area contributed by atoms with Crippen LogP contribution in [-0.4, -0.2) is 19.1 Å². The van der Waals surface area contributed by atoms with Crippen LogP contribution in [0.25, 0.3) is 100 Å². The van der Waals surface area contributed by atoms with Crippen LogP contribution in [-0.2, 0) is 0 Å². The number of para-hydroxylation sites is 1. The third-order valence-corrected chi connectivity index (χ3v) is 11.6. The highest BCUT2D eigenvalue weighted by atomic mass is 15.0. The number of nitrogens with zero attached hydrogens (tertiary/aromatic N) is 7. The summed E-state index contributed by atoms with van der Waals surface area (Å²) in [4.78, 5) is 9.94. The van der Waals surface area contributed by atoms with E-state index in [2.05, 4.69) is 100 Å². The molecular formula is C55H31N7. The molecule has 7 nitrogen and oxygen atoms in total. The number of fused-ring (bicyclic) bond motifs is 6. The first-order valence-electron chi connectivity index (χ1n) is 20.2. The van der Waals surface area contributed by atoms with E-state index in [1.54, 1.807) is 0 Å². The first-order chi connectivity index (χ1) is 30.6. The molecule has 0 radical (unpaired) electrons. The number of hydrogen-bond acceptors (Lipinski definition) is 5. The zero-order valence-electron chi connectivity index (χ0n) is 33.0. The molecule has 0 aliphatic rings. The predicted octanol–water partition coefficient (Wildman–Crippen LogP) is 13.0. The second-order valence-electron chi connectivity index (χ2n) is 15.2. The van der Waals surface area contributed by atoms with Gasteiger partial charge in [-0.2, -0.15) is 15.8 Å². The Morgan fingerprint density at radius 1 is 0.355 bits per heavy atom. The van der Waals surface area contributed by atoms with Crippen molar-refractivity contribution < 1.29 is 0 Å². The maximum Gasteiger partial charge on any atom is 0.160 e. The summed E-state index contributed by atoms with van der Waals surface area (Å²) in [6.45, 7) is 0. The van der Waals surface area contributed by atoms with E-state index in [4.69, 9.17) is 9.97 Å². The Morgan fingerprint density at radius 3 is 1.52 bits per heavy atom. The van der Waals surface area contributed by atoms with Crippen molar-refractivity contribution in [2.75, 3.05) is 0 Å². The normalized spacial score (nSPS) is 11.2. The molecule has 0 bridgehead atoms. The van der Waals surface area contributed by atoms with E-state index in [-0.39, 0.29) is 0 Å². The maximum absolute atomic E-state index is 10.7. The number of aromatic nitrogens is 4. The summed E-state index contributed by atoms with van der Waals surface area (Å²) in [5, 5.41) is 34.0. The van der Waals surface area contributed by atoms with Gasteiger partial charge in [0.15, 0.2) is 5.82 Å². The molecule has 0 N–H and O–H groups in total. The molecule has 3 heterocycles. The average molecular weight is 790 g/mol. The minimum Gasteiger partial charge on any atom is -0.309 e. The van der Waals surface area contributed by atoms with Crippen LogP contribution in [0.4, 0.5) is 0 Å². The minimum absolute atomic E-state index is 0.554. The third-order valence-electron chi connectivity index (χ3n) is 11.6. The van der Waals surface area contributed by atoms with E-state index in [0.29, 0.717) is 22.5 Å². The highest BCUT2D eigenvalue weighted by Crippen LogP contribution is 2.39. The monoisotopic (exact) mass is 789 g/mol. The van der Waals surface area contributed by atoms with E-state index < -0.39 is 0 Å². The van der Waals surface area contributed by atoms with Crippen LogP contribution < -0.4 is 0 Å². The van der Waals surface area contributed by atoms with Gasteiger partial charge in [0.1, 0.15) is 6.07 Å². The first-order valence-corrected chi connectivity index (χ1v) is 20.2. The van der Waals surface area contributed by atoms with Gasteiger partial charge in [0.05, 0.1) is 68.0 Å². The zero-order chi connectivity index (χ0) is 41.7. The van der Waals surface area contributed by atoms with Crippen LogP contribution in [0.15, 0.2) is 188 Å². The van der Waals surface area contributed by atoms with Crippen molar-refractivity contribution in [1.82, 2.24) is 19.1 Å². The van der Waals surface area contributed by atoms with Crippen molar-refractivity contribution in [1.29, 1.82) is 15.8 Å². The molecule has 286 valence electrons. The van der Waals surface area contributed by atoms with E-state index in [0.717, 1.165) is 94.2 Å². The van der Waals surface area contributed by atoms with Crippen molar-refractivity contribution in [3.63, 3.8) is 0 Å². The Bertz CT molecular complexity index is 3580. The Balaban J connectivity index is 0.991. The minimum atomic E-state index is 0.554. The SMILES string of the molecule is N#Cc1ccc2c(c1)c1cc(C#N)ccc1n2-c1ccc2c(c1)c1ccccc1n2-c1ccc(-c2ccc(-c3cc(-c4ccccc4)nc(-c4ccccc4)n3)cc2)cc1C#N. The smallest absolute Gasteiger partial charge is 0.160 e. The van der Waals surface area contributed by atoms with Crippen molar-refractivity contribution in [2.24, 2.45) is 0 Å². The van der Waals surface area contributed by atoms with Crippen molar-refractivity contribution in [3.8, 4) is 74.6 Å². The fraction of sp³-hybridized carbons (Fsp3) is 0.